The number of benzene rings is 1. The van der Waals surface area contributed by atoms with Gasteiger partial charge in [-0.15, -0.1) is 0 Å². The molecule has 1 aromatic rings. The lowest BCUT2D eigenvalue weighted by Crippen LogP contribution is -2.38. The molecule has 1 heterocycles. The van der Waals surface area contributed by atoms with Crippen molar-refractivity contribution in [1.82, 2.24) is 0 Å². The van der Waals surface area contributed by atoms with Gasteiger partial charge in [-0.3, -0.25) is 0 Å². The van der Waals surface area contributed by atoms with Gasteiger partial charge in [0.05, 0.1) is 0 Å². The monoisotopic (exact) mass is 178 g/mol. The Bertz CT molecular complexity index is 263. The minimum absolute atomic E-state index is 0.0230. The van der Waals surface area contributed by atoms with Crippen molar-refractivity contribution in [2.75, 3.05) is 0 Å². The topological polar surface area (TPSA) is 18.5 Å². The smallest absolute Gasteiger partial charge is 0.189 e. The normalized spacial score (nSPS) is 27.3. The lowest BCUT2D eigenvalue weighted by molar-refractivity contribution is -0.403. The minimum Gasteiger partial charge on any atom is -0.319 e. The van der Waals surface area contributed by atoms with Gasteiger partial charge in [0.2, 0.25) is 0 Å². The zero-order chi connectivity index (χ0) is 9.26. The molecular formula is C11H14O2. The second kappa shape index (κ2) is 3.48. The van der Waals surface area contributed by atoms with E-state index in [0.717, 1.165) is 5.56 Å². The van der Waals surface area contributed by atoms with Crippen LogP contribution in [0.4, 0.5) is 0 Å². The first-order valence-corrected chi connectivity index (χ1v) is 4.63. The summed E-state index contributed by atoms with van der Waals surface area (Å²) in [4.78, 5) is 0. The quantitative estimate of drug-likeness (QED) is 0.693. The molecule has 0 radical (unpaired) electrons. The fourth-order valence-electron chi connectivity index (χ4n) is 1.34. The van der Waals surface area contributed by atoms with Crippen LogP contribution in [0.3, 0.4) is 0 Å². The van der Waals surface area contributed by atoms with E-state index < -0.39 is 0 Å². The van der Waals surface area contributed by atoms with Crippen LogP contribution < -0.4 is 0 Å². The van der Waals surface area contributed by atoms with E-state index in [4.69, 9.17) is 9.47 Å². The maximum atomic E-state index is 5.56. The summed E-state index contributed by atoms with van der Waals surface area (Å²) in [7, 11) is 0. The van der Waals surface area contributed by atoms with Gasteiger partial charge in [0.1, 0.15) is 0 Å². The van der Waals surface area contributed by atoms with Gasteiger partial charge in [0, 0.05) is 11.5 Å². The number of rotatable bonds is 2. The van der Waals surface area contributed by atoms with Crippen molar-refractivity contribution in [2.24, 2.45) is 5.92 Å². The van der Waals surface area contributed by atoms with Gasteiger partial charge in [-0.2, -0.15) is 0 Å². The van der Waals surface area contributed by atoms with Crippen molar-refractivity contribution in [1.29, 1.82) is 0 Å². The molecule has 2 heteroatoms. The van der Waals surface area contributed by atoms with E-state index in [1.165, 1.54) is 0 Å². The summed E-state index contributed by atoms with van der Waals surface area (Å²) in [6, 6.07) is 10.0. The predicted molar refractivity (Wildman–Crippen MR) is 50.0 cm³/mol. The molecule has 70 valence electrons. The lowest BCUT2D eigenvalue weighted by Gasteiger charge is -2.38. The molecule has 0 aliphatic carbocycles. The maximum absolute atomic E-state index is 5.56. The first-order chi connectivity index (χ1) is 6.27. The molecule has 1 aliphatic rings. The molecule has 0 atom stereocenters. The summed E-state index contributed by atoms with van der Waals surface area (Å²) < 4.78 is 11.1. The third-order valence-corrected chi connectivity index (χ3v) is 2.13. The first-order valence-electron chi connectivity index (χ1n) is 4.63. The predicted octanol–water partition coefficient (Wildman–Crippen LogP) is 2.71. The molecular weight excluding hydrogens is 164 g/mol. The van der Waals surface area contributed by atoms with Crippen LogP contribution in [-0.4, -0.2) is 6.29 Å². The minimum atomic E-state index is -0.145. The highest BCUT2D eigenvalue weighted by Crippen LogP contribution is 2.34. The molecule has 1 fully saturated rings. The van der Waals surface area contributed by atoms with Gasteiger partial charge in [0.15, 0.2) is 12.6 Å². The number of ether oxygens (including phenoxy) is 2. The molecule has 13 heavy (non-hydrogen) atoms. The highest BCUT2D eigenvalue weighted by Gasteiger charge is 2.33. The van der Waals surface area contributed by atoms with Crippen LogP contribution in [0.15, 0.2) is 30.3 Å². The summed E-state index contributed by atoms with van der Waals surface area (Å²) in [5, 5.41) is 0. The Hall–Kier alpha value is -0.860. The molecule has 1 aliphatic heterocycles. The maximum Gasteiger partial charge on any atom is 0.189 e. The first kappa shape index (κ1) is 8.73. The highest BCUT2D eigenvalue weighted by atomic mass is 16.9. The van der Waals surface area contributed by atoms with Gasteiger partial charge < -0.3 is 9.47 Å². The molecule has 0 spiro atoms. The summed E-state index contributed by atoms with van der Waals surface area (Å²) in [6.45, 7) is 4.18. The Morgan fingerprint density at radius 3 is 2.23 bits per heavy atom. The Kier molecular flexibility index (Phi) is 2.34. The fourth-order valence-corrected chi connectivity index (χ4v) is 1.34. The van der Waals surface area contributed by atoms with E-state index >= 15 is 0 Å². The van der Waals surface area contributed by atoms with Crippen LogP contribution in [0, 0.1) is 5.92 Å². The summed E-state index contributed by atoms with van der Waals surface area (Å²) in [5.41, 5.74) is 1.10. The molecule has 0 N–H and O–H groups in total. The third-order valence-electron chi connectivity index (χ3n) is 2.13. The van der Waals surface area contributed by atoms with Crippen LogP contribution in [-0.2, 0) is 9.47 Å². The lowest BCUT2D eigenvalue weighted by atomic mass is 10.1. The average molecular weight is 178 g/mol. The van der Waals surface area contributed by atoms with Crippen molar-refractivity contribution < 1.29 is 9.47 Å². The van der Waals surface area contributed by atoms with E-state index in [0.29, 0.717) is 5.92 Å². The fraction of sp³-hybridized carbons (Fsp3) is 0.455. The summed E-state index contributed by atoms with van der Waals surface area (Å²) in [5.74, 6) is 0.431. The molecule has 0 unspecified atom stereocenters. The van der Waals surface area contributed by atoms with Gasteiger partial charge in [-0.1, -0.05) is 44.2 Å². The molecule has 0 aromatic heterocycles. The third kappa shape index (κ3) is 1.74. The zero-order valence-electron chi connectivity index (χ0n) is 7.94. The van der Waals surface area contributed by atoms with Crippen molar-refractivity contribution in [2.45, 2.75) is 26.4 Å². The van der Waals surface area contributed by atoms with Crippen LogP contribution >= 0.6 is 0 Å². The molecule has 0 bridgehead atoms. The summed E-state index contributed by atoms with van der Waals surface area (Å²) in [6.07, 6.45) is -0.168. The van der Waals surface area contributed by atoms with Crippen molar-refractivity contribution >= 4 is 0 Å². The molecule has 1 saturated heterocycles. The van der Waals surface area contributed by atoms with Crippen LogP contribution in [0.25, 0.3) is 0 Å². The van der Waals surface area contributed by atoms with Crippen molar-refractivity contribution in [3.05, 3.63) is 35.9 Å². The average Bonchev–Trinajstić information content (AvgIpc) is 2.02. The zero-order valence-corrected chi connectivity index (χ0v) is 7.94. The Morgan fingerprint density at radius 2 is 1.69 bits per heavy atom. The van der Waals surface area contributed by atoms with Crippen LogP contribution in [0.2, 0.25) is 0 Å². The Labute approximate surface area is 78.5 Å². The van der Waals surface area contributed by atoms with Gasteiger partial charge in [-0.25, -0.2) is 0 Å². The molecule has 2 nitrogen and oxygen atoms in total. The van der Waals surface area contributed by atoms with Crippen molar-refractivity contribution in [3.8, 4) is 0 Å². The molecule has 2 rings (SSSR count). The van der Waals surface area contributed by atoms with E-state index in [-0.39, 0.29) is 12.6 Å². The molecule has 0 amide bonds. The summed E-state index contributed by atoms with van der Waals surface area (Å²) >= 11 is 0. The molecule has 0 saturated carbocycles. The second-order valence-corrected chi connectivity index (χ2v) is 3.63. The SMILES string of the molecule is CC(C)C1OC(c2ccccc2)O1. The second-order valence-electron chi connectivity index (χ2n) is 3.63. The number of hydrogen-bond donors (Lipinski definition) is 0. The Balaban J connectivity index is 1.94. The van der Waals surface area contributed by atoms with Crippen molar-refractivity contribution in [3.63, 3.8) is 0 Å². The van der Waals surface area contributed by atoms with E-state index in [1.54, 1.807) is 0 Å². The van der Waals surface area contributed by atoms with Gasteiger partial charge >= 0.3 is 0 Å². The Morgan fingerprint density at radius 1 is 1.08 bits per heavy atom. The van der Waals surface area contributed by atoms with Crippen LogP contribution in [0.5, 0.6) is 0 Å². The molecule has 1 aromatic carbocycles. The van der Waals surface area contributed by atoms with Gasteiger partial charge in [-0.05, 0) is 0 Å². The van der Waals surface area contributed by atoms with E-state index in [1.807, 2.05) is 30.3 Å². The van der Waals surface area contributed by atoms with E-state index in [9.17, 15) is 0 Å². The van der Waals surface area contributed by atoms with Crippen LogP contribution in [0.1, 0.15) is 25.7 Å². The number of hydrogen-bond acceptors (Lipinski definition) is 2. The largest absolute Gasteiger partial charge is 0.319 e. The highest BCUT2D eigenvalue weighted by molar-refractivity contribution is 5.16. The standard InChI is InChI=1S/C11H14O2/c1-8(2)10-12-11(13-10)9-6-4-3-5-7-9/h3-8,10-11H,1-2H3. The van der Waals surface area contributed by atoms with Gasteiger partial charge in [0.25, 0.3) is 0 Å². The van der Waals surface area contributed by atoms with E-state index in [2.05, 4.69) is 13.8 Å².